The molecular formula is C11H16. The van der Waals surface area contributed by atoms with Crippen molar-refractivity contribution in [1.29, 1.82) is 0 Å². The van der Waals surface area contributed by atoms with Crippen LogP contribution in [0.3, 0.4) is 0 Å². The zero-order chi connectivity index (χ0) is 8.48. The fraction of sp³-hybridized carbons (Fsp3) is 0.455. The highest BCUT2D eigenvalue weighted by Crippen LogP contribution is 2.24. The molecule has 0 saturated carbocycles. The molecule has 0 unspecified atom stereocenters. The van der Waals surface area contributed by atoms with Crippen LogP contribution in [0.15, 0.2) is 35.5 Å². The van der Waals surface area contributed by atoms with Gasteiger partial charge in [0, 0.05) is 5.41 Å². The van der Waals surface area contributed by atoms with Crippen molar-refractivity contribution in [3.05, 3.63) is 35.5 Å². The van der Waals surface area contributed by atoms with Crippen LogP contribution in [-0.2, 0) is 0 Å². The van der Waals surface area contributed by atoms with Crippen molar-refractivity contribution >= 4 is 0 Å². The highest BCUT2D eigenvalue weighted by Gasteiger charge is 2.10. The van der Waals surface area contributed by atoms with Crippen molar-refractivity contribution in [3.8, 4) is 0 Å². The Bertz CT molecular complexity index is 213. The lowest BCUT2D eigenvalue weighted by Crippen LogP contribution is -2.00. The molecule has 60 valence electrons. The monoisotopic (exact) mass is 148 g/mol. The second kappa shape index (κ2) is 2.69. The average Bonchev–Trinajstić information content (AvgIpc) is 2.03. The lowest BCUT2D eigenvalue weighted by atomic mass is 9.93. The molecule has 0 spiro atoms. The van der Waals surface area contributed by atoms with Gasteiger partial charge in [-0.2, -0.15) is 0 Å². The van der Waals surface area contributed by atoms with Crippen LogP contribution in [-0.4, -0.2) is 0 Å². The first kappa shape index (κ1) is 8.32. The first-order valence-corrected chi connectivity index (χ1v) is 4.07. The molecule has 0 nitrogen and oxygen atoms in total. The minimum Gasteiger partial charge on any atom is -0.0748 e. The van der Waals surface area contributed by atoms with E-state index in [0.717, 1.165) is 0 Å². The van der Waals surface area contributed by atoms with Crippen molar-refractivity contribution in [3.63, 3.8) is 0 Å². The molecule has 0 aromatic rings. The molecule has 0 aromatic carbocycles. The Morgan fingerprint density at radius 3 is 1.64 bits per heavy atom. The van der Waals surface area contributed by atoms with Crippen molar-refractivity contribution in [1.82, 2.24) is 0 Å². The van der Waals surface area contributed by atoms with Crippen LogP contribution in [0.4, 0.5) is 0 Å². The predicted octanol–water partition coefficient (Wildman–Crippen LogP) is 3.48. The number of hydrogen-bond donors (Lipinski definition) is 0. The van der Waals surface area contributed by atoms with Crippen LogP contribution in [0.25, 0.3) is 0 Å². The topological polar surface area (TPSA) is 0 Å². The first-order valence-electron chi connectivity index (χ1n) is 4.07. The average molecular weight is 148 g/mol. The largest absolute Gasteiger partial charge is 0.0748 e. The Hall–Kier alpha value is -0.780. The standard InChI is InChI=1S/C11H16/c1-9-5-7-11(3,4)8-6-10(9)2/h5-8H,1-4H3. The summed E-state index contributed by atoms with van der Waals surface area (Å²) in [5.41, 5.74) is 2.96. The molecule has 0 heterocycles. The number of hydrogen-bond acceptors (Lipinski definition) is 0. The molecular weight excluding hydrogens is 132 g/mol. The molecule has 0 amide bonds. The maximum Gasteiger partial charge on any atom is 0.00108 e. The van der Waals surface area contributed by atoms with Gasteiger partial charge in [0.2, 0.25) is 0 Å². The molecule has 0 bridgehead atoms. The quantitative estimate of drug-likeness (QED) is 0.493. The normalized spacial score (nSPS) is 22.2. The molecule has 11 heavy (non-hydrogen) atoms. The Labute approximate surface area is 69.3 Å². The van der Waals surface area contributed by atoms with E-state index in [0.29, 0.717) is 0 Å². The Kier molecular flexibility index (Phi) is 2.03. The predicted molar refractivity (Wildman–Crippen MR) is 50.4 cm³/mol. The molecule has 1 rings (SSSR count). The van der Waals surface area contributed by atoms with Crippen LogP contribution < -0.4 is 0 Å². The number of rotatable bonds is 0. The van der Waals surface area contributed by atoms with Crippen LogP contribution in [0.2, 0.25) is 0 Å². The molecule has 0 atom stereocenters. The van der Waals surface area contributed by atoms with Gasteiger partial charge in [-0.3, -0.25) is 0 Å². The van der Waals surface area contributed by atoms with E-state index in [1.165, 1.54) is 11.1 Å². The fourth-order valence-corrected chi connectivity index (χ4v) is 0.998. The van der Waals surface area contributed by atoms with E-state index >= 15 is 0 Å². The summed E-state index contributed by atoms with van der Waals surface area (Å²) < 4.78 is 0. The molecule has 1 aliphatic rings. The second-order valence-corrected chi connectivity index (χ2v) is 3.85. The van der Waals surface area contributed by atoms with E-state index in [1.54, 1.807) is 0 Å². The molecule has 0 saturated heterocycles. The van der Waals surface area contributed by atoms with Gasteiger partial charge in [-0.25, -0.2) is 0 Å². The van der Waals surface area contributed by atoms with E-state index < -0.39 is 0 Å². The minimum absolute atomic E-state index is 0.221. The van der Waals surface area contributed by atoms with Crippen molar-refractivity contribution in [2.75, 3.05) is 0 Å². The summed E-state index contributed by atoms with van der Waals surface area (Å²) in [6.45, 7) is 8.73. The lowest BCUT2D eigenvalue weighted by molar-refractivity contribution is 0.626. The summed E-state index contributed by atoms with van der Waals surface area (Å²) >= 11 is 0. The Balaban J connectivity index is 3.01. The van der Waals surface area contributed by atoms with Crippen molar-refractivity contribution in [2.24, 2.45) is 5.41 Å². The van der Waals surface area contributed by atoms with Crippen LogP contribution >= 0.6 is 0 Å². The number of allylic oxidation sites excluding steroid dienone is 6. The lowest BCUT2D eigenvalue weighted by Gasteiger charge is -2.12. The molecule has 0 radical (unpaired) electrons. The van der Waals surface area contributed by atoms with Gasteiger partial charge >= 0.3 is 0 Å². The third-order valence-electron chi connectivity index (χ3n) is 2.15. The van der Waals surface area contributed by atoms with Gasteiger partial charge in [0.1, 0.15) is 0 Å². The maximum absolute atomic E-state index is 2.25. The van der Waals surface area contributed by atoms with Gasteiger partial charge in [-0.15, -0.1) is 0 Å². The van der Waals surface area contributed by atoms with E-state index in [2.05, 4.69) is 52.0 Å². The van der Waals surface area contributed by atoms with Crippen LogP contribution in [0, 0.1) is 5.41 Å². The molecule has 1 aliphatic carbocycles. The SMILES string of the molecule is CC1=C(C)C=CC(C)(C)C=C1. The van der Waals surface area contributed by atoms with Gasteiger partial charge < -0.3 is 0 Å². The minimum atomic E-state index is 0.221. The van der Waals surface area contributed by atoms with Crippen LogP contribution in [0.1, 0.15) is 27.7 Å². The summed E-state index contributed by atoms with van der Waals surface area (Å²) in [7, 11) is 0. The molecule has 0 heteroatoms. The van der Waals surface area contributed by atoms with E-state index in [1.807, 2.05) is 0 Å². The third kappa shape index (κ3) is 2.07. The van der Waals surface area contributed by atoms with Gasteiger partial charge in [0.15, 0.2) is 0 Å². The molecule has 0 aromatic heterocycles. The zero-order valence-electron chi connectivity index (χ0n) is 7.81. The maximum atomic E-state index is 2.25. The third-order valence-corrected chi connectivity index (χ3v) is 2.15. The highest BCUT2D eigenvalue weighted by molar-refractivity contribution is 5.35. The fourth-order valence-electron chi connectivity index (χ4n) is 0.998. The van der Waals surface area contributed by atoms with Gasteiger partial charge in [-0.1, -0.05) is 38.2 Å². The Morgan fingerprint density at radius 1 is 0.909 bits per heavy atom. The molecule has 0 N–H and O–H groups in total. The van der Waals surface area contributed by atoms with Gasteiger partial charge in [0.05, 0.1) is 0 Å². The molecule has 0 fully saturated rings. The van der Waals surface area contributed by atoms with Gasteiger partial charge in [0.25, 0.3) is 0 Å². The summed E-state index contributed by atoms with van der Waals surface area (Å²) in [6.07, 6.45) is 8.90. The highest BCUT2D eigenvalue weighted by atomic mass is 14.1. The zero-order valence-corrected chi connectivity index (χ0v) is 7.81. The summed E-state index contributed by atoms with van der Waals surface area (Å²) in [5, 5.41) is 0. The summed E-state index contributed by atoms with van der Waals surface area (Å²) in [5.74, 6) is 0. The van der Waals surface area contributed by atoms with Crippen molar-refractivity contribution in [2.45, 2.75) is 27.7 Å². The smallest absolute Gasteiger partial charge is 0.00108 e. The second-order valence-electron chi connectivity index (χ2n) is 3.85. The van der Waals surface area contributed by atoms with Crippen molar-refractivity contribution < 1.29 is 0 Å². The van der Waals surface area contributed by atoms with Gasteiger partial charge in [-0.05, 0) is 25.0 Å². The first-order chi connectivity index (χ1) is 5.01. The summed E-state index contributed by atoms with van der Waals surface area (Å²) in [6, 6.07) is 0. The van der Waals surface area contributed by atoms with E-state index in [-0.39, 0.29) is 5.41 Å². The van der Waals surface area contributed by atoms with Crippen LogP contribution in [0.5, 0.6) is 0 Å². The molecule has 0 aliphatic heterocycles. The Morgan fingerprint density at radius 2 is 1.27 bits per heavy atom. The van der Waals surface area contributed by atoms with E-state index in [4.69, 9.17) is 0 Å². The van der Waals surface area contributed by atoms with E-state index in [9.17, 15) is 0 Å². The summed E-state index contributed by atoms with van der Waals surface area (Å²) in [4.78, 5) is 0.